The first-order valence-corrected chi connectivity index (χ1v) is 14.4. The fraction of sp³-hybridized carbons (Fsp3) is 0.242. The molecule has 0 spiro atoms. The Hall–Kier alpha value is -4.99. The van der Waals surface area contributed by atoms with Crippen LogP contribution in [0.2, 0.25) is 5.02 Å². The van der Waals surface area contributed by atoms with Gasteiger partial charge in [0.15, 0.2) is 0 Å². The Labute approximate surface area is 255 Å². The monoisotopic (exact) mass is 591 g/mol. The summed E-state index contributed by atoms with van der Waals surface area (Å²) in [5.41, 5.74) is 3.65. The van der Waals surface area contributed by atoms with Crippen molar-refractivity contribution in [1.29, 1.82) is 10.5 Å². The summed E-state index contributed by atoms with van der Waals surface area (Å²) in [7, 11) is 0. The van der Waals surface area contributed by atoms with E-state index in [0.717, 1.165) is 18.4 Å². The smallest absolute Gasteiger partial charge is 0.123 e. The van der Waals surface area contributed by atoms with Crippen molar-refractivity contribution in [2.75, 3.05) is 10.6 Å². The number of anilines is 2. The Balaban J connectivity index is 1.44. The van der Waals surface area contributed by atoms with Crippen LogP contribution in [0.4, 0.5) is 15.8 Å². The van der Waals surface area contributed by atoms with E-state index in [0.29, 0.717) is 63.4 Å². The molecule has 1 aliphatic rings. The number of hydrogen-bond acceptors (Lipinski definition) is 7. The lowest BCUT2D eigenvalue weighted by Crippen LogP contribution is -2.14. The molecule has 6 rings (SSSR count). The number of hydrogen-bond donors (Lipinski definition) is 2. The summed E-state index contributed by atoms with van der Waals surface area (Å²) in [6.45, 7) is 0. The average Bonchev–Trinajstić information content (AvgIpc) is 3.76. The molecule has 214 valence electrons. The molecular formula is C33H28ClFN8. The van der Waals surface area contributed by atoms with Gasteiger partial charge in [0.1, 0.15) is 17.6 Å². The number of fused-ring (bicyclic) bond motifs is 1. The first-order chi connectivity index (χ1) is 21.4. The Bertz CT molecular complexity index is 1880. The van der Waals surface area contributed by atoms with Gasteiger partial charge in [-0.3, -0.25) is 4.98 Å². The summed E-state index contributed by atoms with van der Waals surface area (Å²) in [6.07, 6.45) is 6.98. The maximum absolute atomic E-state index is 13.9. The molecule has 2 N–H and O–H groups in total. The van der Waals surface area contributed by atoms with Gasteiger partial charge in [-0.15, -0.1) is 5.10 Å². The number of nitrogens with zero attached hydrogens (tertiary/aromatic N) is 6. The van der Waals surface area contributed by atoms with Gasteiger partial charge in [0.25, 0.3) is 0 Å². The average molecular weight is 592 g/mol. The number of rotatable bonds is 11. The molecule has 1 unspecified atom stereocenters. The summed E-state index contributed by atoms with van der Waals surface area (Å²) in [4.78, 5) is 4.48. The molecule has 0 bridgehead atoms. The maximum Gasteiger partial charge on any atom is 0.123 e. The van der Waals surface area contributed by atoms with Crippen LogP contribution in [0.1, 0.15) is 74.0 Å². The number of pyridine rings is 1. The maximum atomic E-state index is 13.9. The van der Waals surface area contributed by atoms with Crippen molar-refractivity contribution in [3.05, 3.63) is 112 Å². The van der Waals surface area contributed by atoms with Crippen molar-refractivity contribution in [1.82, 2.24) is 20.0 Å². The molecule has 2 atom stereocenters. The van der Waals surface area contributed by atoms with E-state index in [1.807, 2.05) is 30.3 Å². The van der Waals surface area contributed by atoms with Crippen LogP contribution in [0.25, 0.3) is 10.9 Å². The van der Waals surface area contributed by atoms with Crippen molar-refractivity contribution in [2.24, 2.45) is 0 Å². The zero-order valence-electron chi connectivity index (χ0n) is 24.1. The van der Waals surface area contributed by atoms with Gasteiger partial charge in [0.2, 0.25) is 0 Å². The van der Waals surface area contributed by atoms with Crippen molar-refractivity contribution in [3.8, 4) is 12.1 Å². The van der Waals surface area contributed by atoms with Crippen molar-refractivity contribution >= 4 is 33.9 Å². The number of benzene rings is 3. The lowest BCUT2D eigenvalue weighted by molar-refractivity contribution is 0.610. The van der Waals surface area contributed by atoms with Gasteiger partial charge in [-0.1, -0.05) is 59.3 Å². The molecule has 1 saturated carbocycles. The second kappa shape index (κ2) is 12.5. The summed E-state index contributed by atoms with van der Waals surface area (Å²) < 4.78 is 25.3. The molecular weight excluding hydrogens is 563 g/mol. The van der Waals surface area contributed by atoms with E-state index in [1.54, 1.807) is 35.1 Å². The Kier molecular flexibility index (Phi) is 7.80. The molecule has 1 aliphatic carbocycles. The van der Waals surface area contributed by atoms with E-state index in [-0.39, 0.29) is 12.1 Å². The third-order valence-corrected chi connectivity index (χ3v) is 7.72. The molecule has 2 aromatic heterocycles. The van der Waals surface area contributed by atoms with Crippen molar-refractivity contribution < 1.29 is 5.76 Å². The fourth-order valence-electron chi connectivity index (χ4n) is 5.09. The second-order valence-electron chi connectivity index (χ2n) is 10.5. The van der Waals surface area contributed by atoms with Crippen LogP contribution in [0, 0.1) is 28.5 Å². The normalized spacial score (nSPS) is 15.1. The standard InChI is InChI=1S/C33H28ClFN8/c34-28-17-25(39-32(22-9-11-24(35)12-10-22)30-20-43(42-41-30)26-13-14-26)16-27-31(23(18-37)19-38-33(27)28)40-29(8-4-5-15-36)21-6-2-1-3-7-21/h1-3,6-7,9-12,16-17,19-20,26,29,32,39H,4-5,8,13-14H2,(H,38,40)/t29?,32-/m0/s1/i32D. The van der Waals surface area contributed by atoms with Crippen LogP contribution in [-0.4, -0.2) is 20.0 Å². The van der Waals surface area contributed by atoms with Gasteiger partial charge in [-0.05, 0) is 61.1 Å². The zero-order valence-corrected chi connectivity index (χ0v) is 23.9. The number of nitriles is 2. The largest absolute Gasteiger partial charge is 0.377 e. The molecule has 0 saturated heterocycles. The van der Waals surface area contributed by atoms with E-state index >= 15 is 0 Å². The quantitative estimate of drug-likeness (QED) is 0.150. The molecule has 2 heterocycles. The second-order valence-corrected chi connectivity index (χ2v) is 10.9. The lowest BCUT2D eigenvalue weighted by Gasteiger charge is -2.23. The molecule has 0 radical (unpaired) electrons. The topological polar surface area (TPSA) is 115 Å². The molecule has 0 amide bonds. The first kappa shape index (κ1) is 26.9. The molecule has 1 fully saturated rings. The van der Waals surface area contributed by atoms with Gasteiger partial charge in [-0.2, -0.15) is 10.5 Å². The van der Waals surface area contributed by atoms with Crippen LogP contribution < -0.4 is 10.6 Å². The highest BCUT2D eigenvalue weighted by atomic mass is 35.5. The van der Waals surface area contributed by atoms with Gasteiger partial charge in [0.05, 0.1) is 53.5 Å². The minimum Gasteiger partial charge on any atom is -0.377 e. The fourth-order valence-corrected chi connectivity index (χ4v) is 5.36. The molecule has 8 nitrogen and oxygen atoms in total. The van der Waals surface area contributed by atoms with E-state index in [1.165, 1.54) is 18.3 Å². The van der Waals surface area contributed by atoms with Crippen molar-refractivity contribution in [2.45, 2.75) is 50.2 Å². The van der Waals surface area contributed by atoms with Crippen LogP contribution in [0.15, 0.2) is 79.1 Å². The van der Waals surface area contributed by atoms with E-state index in [4.69, 9.17) is 16.9 Å². The van der Waals surface area contributed by atoms with Crippen molar-refractivity contribution in [3.63, 3.8) is 0 Å². The third-order valence-electron chi connectivity index (χ3n) is 7.44. The summed E-state index contributed by atoms with van der Waals surface area (Å²) in [5, 5.41) is 35.5. The molecule has 43 heavy (non-hydrogen) atoms. The van der Waals surface area contributed by atoms with Crippen LogP contribution >= 0.6 is 11.6 Å². The van der Waals surface area contributed by atoms with Crippen LogP contribution in [0.3, 0.4) is 0 Å². The molecule has 0 aliphatic heterocycles. The summed E-state index contributed by atoms with van der Waals surface area (Å²) >= 11 is 6.79. The van der Waals surface area contributed by atoms with Crippen LogP contribution in [0.5, 0.6) is 0 Å². The number of halogens is 2. The Morgan fingerprint density at radius 2 is 1.86 bits per heavy atom. The SMILES string of the molecule is [2H][C@](Nc1cc(Cl)c2ncc(C#N)c(NC(CCCC#N)c3ccccc3)c2c1)(c1ccc(F)cc1)c1cn(C2CC2)nn1. The third kappa shape index (κ3) is 6.28. The van der Waals surface area contributed by atoms with Gasteiger partial charge in [-0.25, -0.2) is 9.07 Å². The highest BCUT2D eigenvalue weighted by Crippen LogP contribution is 2.38. The highest BCUT2D eigenvalue weighted by Gasteiger charge is 2.27. The molecule has 10 heteroatoms. The zero-order chi connectivity index (χ0) is 30.7. The van der Waals surface area contributed by atoms with E-state index in [9.17, 15) is 11.0 Å². The predicted octanol–water partition coefficient (Wildman–Crippen LogP) is 7.87. The van der Waals surface area contributed by atoms with Crippen LogP contribution in [-0.2, 0) is 0 Å². The molecule has 5 aromatic rings. The Morgan fingerprint density at radius 1 is 1.07 bits per heavy atom. The molecule has 3 aromatic carbocycles. The Morgan fingerprint density at radius 3 is 2.58 bits per heavy atom. The van der Waals surface area contributed by atoms with Gasteiger partial charge >= 0.3 is 0 Å². The minimum atomic E-state index is -1.64. The number of aromatic nitrogens is 4. The summed E-state index contributed by atoms with van der Waals surface area (Å²) in [5.74, 6) is -0.417. The lowest BCUT2D eigenvalue weighted by atomic mass is 9.99. The van der Waals surface area contributed by atoms with Gasteiger partial charge in [0, 0.05) is 23.7 Å². The number of nitrogens with one attached hydrogen (secondary N) is 2. The summed E-state index contributed by atoms with van der Waals surface area (Å²) in [6, 6.07) is 21.9. The van der Waals surface area contributed by atoms with E-state index in [2.05, 4.69) is 38.1 Å². The number of unbranched alkanes of at least 4 members (excludes halogenated alkanes) is 1. The predicted molar refractivity (Wildman–Crippen MR) is 164 cm³/mol. The van der Waals surface area contributed by atoms with Gasteiger partial charge < -0.3 is 10.6 Å². The first-order valence-electron chi connectivity index (χ1n) is 14.6. The highest BCUT2D eigenvalue weighted by molar-refractivity contribution is 6.35. The van der Waals surface area contributed by atoms with E-state index < -0.39 is 11.8 Å². The minimum absolute atomic E-state index is 0.190.